The van der Waals surface area contributed by atoms with E-state index in [9.17, 15) is 0 Å². The smallest absolute Gasteiger partial charge is 0.240 e. The highest BCUT2D eigenvalue weighted by atomic mass is 79.9. The Morgan fingerprint density at radius 3 is 2.85 bits per heavy atom. The van der Waals surface area contributed by atoms with Crippen molar-refractivity contribution >= 4 is 21.9 Å². The number of unbranched alkanes of at least 4 members (excludes halogenated alkanes) is 1. The SMILES string of the molecule is COCCCCn1nc(N)nc1Br. The number of nitrogen functional groups attached to an aromatic ring is 1. The minimum Gasteiger partial charge on any atom is -0.385 e. The Morgan fingerprint density at radius 1 is 1.54 bits per heavy atom. The molecule has 0 unspecified atom stereocenters. The van der Waals surface area contributed by atoms with Crippen LogP contribution in [0.1, 0.15) is 12.8 Å². The zero-order chi connectivity index (χ0) is 9.68. The molecular formula is C7H13BrN4O. The number of aromatic nitrogens is 3. The monoisotopic (exact) mass is 248 g/mol. The van der Waals surface area contributed by atoms with Crippen molar-refractivity contribution in [3.63, 3.8) is 0 Å². The Bertz CT molecular complexity index is 263. The minimum absolute atomic E-state index is 0.304. The molecule has 1 rings (SSSR count). The third-order valence-electron chi connectivity index (χ3n) is 1.61. The highest BCUT2D eigenvalue weighted by Crippen LogP contribution is 2.08. The molecule has 2 N–H and O–H groups in total. The molecule has 74 valence electrons. The molecule has 0 amide bonds. The number of nitrogens with zero attached hydrogens (tertiary/aromatic N) is 3. The van der Waals surface area contributed by atoms with Gasteiger partial charge >= 0.3 is 0 Å². The van der Waals surface area contributed by atoms with Crippen LogP contribution in [0.25, 0.3) is 0 Å². The molecule has 5 nitrogen and oxygen atoms in total. The number of ether oxygens (including phenoxy) is 1. The topological polar surface area (TPSA) is 66.0 Å². The van der Waals surface area contributed by atoms with Crippen molar-refractivity contribution < 1.29 is 4.74 Å². The quantitative estimate of drug-likeness (QED) is 0.792. The first kappa shape index (κ1) is 10.5. The van der Waals surface area contributed by atoms with Crippen LogP contribution in [0.5, 0.6) is 0 Å². The summed E-state index contributed by atoms with van der Waals surface area (Å²) in [6.45, 7) is 1.59. The van der Waals surface area contributed by atoms with Crippen molar-refractivity contribution in [2.75, 3.05) is 19.5 Å². The Labute approximate surface area is 85.4 Å². The normalized spacial score (nSPS) is 10.6. The Balaban J connectivity index is 2.32. The predicted molar refractivity (Wildman–Crippen MR) is 53.2 cm³/mol. The molecule has 0 spiro atoms. The molecule has 0 saturated carbocycles. The fourth-order valence-corrected chi connectivity index (χ4v) is 1.43. The lowest BCUT2D eigenvalue weighted by Crippen LogP contribution is -2.02. The van der Waals surface area contributed by atoms with Crippen molar-refractivity contribution in [1.29, 1.82) is 0 Å². The van der Waals surface area contributed by atoms with Crippen LogP contribution in [-0.2, 0) is 11.3 Å². The molecule has 0 aliphatic rings. The van der Waals surface area contributed by atoms with Gasteiger partial charge in [0.05, 0.1) is 0 Å². The summed E-state index contributed by atoms with van der Waals surface area (Å²) in [5.41, 5.74) is 5.41. The van der Waals surface area contributed by atoms with Crippen molar-refractivity contribution in [3.8, 4) is 0 Å². The third-order valence-corrected chi connectivity index (χ3v) is 2.20. The van der Waals surface area contributed by atoms with Gasteiger partial charge in [0, 0.05) is 20.3 Å². The van der Waals surface area contributed by atoms with Gasteiger partial charge in [-0.25, -0.2) is 4.68 Å². The van der Waals surface area contributed by atoms with E-state index < -0.39 is 0 Å². The first-order chi connectivity index (χ1) is 6.24. The molecule has 13 heavy (non-hydrogen) atoms. The van der Waals surface area contributed by atoms with Crippen LogP contribution in [0.3, 0.4) is 0 Å². The molecule has 1 aromatic rings. The van der Waals surface area contributed by atoms with E-state index in [-0.39, 0.29) is 0 Å². The first-order valence-corrected chi connectivity index (χ1v) is 4.88. The Kier molecular flexibility index (Phi) is 4.17. The summed E-state index contributed by atoms with van der Waals surface area (Å²) >= 11 is 3.26. The van der Waals surface area contributed by atoms with Gasteiger partial charge in [0.1, 0.15) is 0 Å². The van der Waals surface area contributed by atoms with Crippen molar-refractivity contribution in [2.24, 2.45) is 0 Å². The fourth-order valence-electron chi connectivity index (χ4n) is 0.990. The molecule has 0 atom stereocenters. The van der Waals surface area contributed by atoms with E-state index >= 15 is 0 Å². The number of aryl methyl sites for hydroxylation is 1. The average molecular weight is 249 g/mol. The van der Waals surface area contributed by atoms with E-state index in [1.807, 2.05) is 0 Å². The molecular weight excluding hydrogens is 236 g/mol. The van der Waals surface area contributed by atoms with Gasteiger partial charge in [-0.3, -0.25) is 0 Å². The number of anilines is 1. The summed E-state index contributed by atoms with van der Waals surface area (Å²) in [5, 5.41) is 4.00. The number of halogens is 1. The van der Waals surface area contributed by atoms with Crippen molar-refractivity contribution in [3.05, 3.63) is 4.73 Å². The second kappa shape index (κ2) is 5.18. The summed E-state index contributed by atoms with van der Waals surface area (Å²) in [6, 6.07) is 0. The number of hydrogen-bond acceptors (Lipinski definition) is 4. The largest absolute Gasteiger partial charge is 0.385 e. The van der Waals surface area contributed by atoms with Gasteiger partial charge in [-0.05, 0) is 28.8 Å². The highest BCUT2D eigenvalue weighted by Gasteiger charge is 2.02. The standard InChI is InChI=1S/C7H13BrN4O/c1-13-5-3-2-4-12-6(8)10-7(9)11-12/h2-5H2,1H3,(H2,9,11). The lowest BCUT2D eigenvalue weighted by atomic mass is 10.3. The van der Waals surface area contributed by atoms with Gasteiger partial charge in [0.2, 0.25) is 5.95 Å². The number of nitrogens with two attached hydrogens (primary N) is 1. The minimum atomic E-state index is 0.304. The van der Waals surface area contributed by atoms with E-state index in [1.54, 1.807) is 11.8 Å². The van der Waals surface area contributed by atoms with E-state index in [4.69, 9.17) is 10.5 Å². The van der Waals surface area contributed by atoms with Gasteiger partial charge in [-0.1, -0.05) is 0 Å². The highest BCUT2D eigenvalue weighted by molar-refractivity contribution is 9.10. The van der Waals surface area contributed by atoms with Crippen LogP contribution >= 0.6 is 15.9 Å². The lowest BCUT2D eigenvalue weighted by molar-refractivity contribution is 0.191. The molecule has 0 bridgehead atoms. The van der Waals surface area contributed by atoms with E-state index in [0.29, 0.717) is 10.7 Å². The molecule has 6 heteroatoms. The molecule has 0 radical (unpaired) electrons. The third kappa shape index (κ3) is 3.31. The van der Waals surface area contributed by atoms with Crippen LogP contribution < -0.4 is 5.73 Å². The summed E-state index contributed by atoms with van der Waals surface area (Å²) in [4.78, 5) is 3.93. The molecule has 0 fully saturated rings. The zero-order valence-electron chi connectivity index (χ0n) is 7.53. The Hall–Kier alpha value is -0.620. The molecule has 1 heterocycles. The van der Waals surface area contributed by atoms with E-state index in [1.165, 1.54) is 0 Å². The van der Waals surface area contributed by atoms with Crippen LogP contribution in [0.15, 0.2) is 4.73 Å². The second-order valence-electron chi connectivity index (χ2n) is 2.66. The second-order valence-corrected chi connectivity index (χ2v) is 3.37. The molecule has 0 aliphatic carbocycles. The van der Waals surface area contributed by atoms with Crippen LogP contribution in [-0.4, -0.2) is 28.5 Å². The van der Waals surface area contributed by atoms with Crippen molar-refractivity contribution in [2.45, 2.75) is 19.4 Å². The van der Waals surface area contributed by atoms with Gasteiger partial charge in [0.25, 0.3) is 0 Å². The maximum absolute atomic E-state index is 5.41. The zero-order valence-corrected chi connectivity index (χ0v) is 9.12. The summed E-state index contributed by atoms with van der Waals surface area (Å²) in [7, 11) is 1.70. The number of hydrogen-bond donors (Lipinski definition) is 1. The predicted octanol–water partition coefficient (Wildman–Crippen LogP) is 1.05. The maximum atomic E-state index is 5.41. The summed E-state index contributed by atoms with van der Waals surface area (Å²) in [6.07, 6.45) is 2.03. The van der Waals surface area contributed by atoms with Crippen molar-refractivity contribution in [1.82, 2.24) is 14.8 Å². The fraction of sp³-hybridized carbons (Fsp3) is 0.714. The summed E-state index contributed by atoms with van der Waals surface area (Å²) in [5.74, 6) is 0.304. The molecule has 0 saturated heterocycles. The molecule has 1 aromatic heterocycles. The number of rotatable bonds is 5. The molecule has 0 aromatic carbocycles. The Morgan fingerprint density at radius 2 is 2.31 bits per heavy atom. The van der Waals surface area contributed by atoms with Gasteiger partial charge in [-0.15, -0.1) is 5.10 Å². The maximum Gasteiger partial charge on any atom is 0.240 e. The van der Waals surface area contributed by atoms with Crippen LogP contribution in [0.2, 0.25) is 0 Å². The van der Waals surface area contributed by atoms with Gasteiger partial charge in [0.15, 0.2) is 4.73 Å². The van der Waals surface area contributed by atoms with Crippen LogP contribution in [0.4, 0.5) is 5.95 Å². The average Bonchev–Trinajstić information content (AvgIpc) is 2.39. The van der Waals surface area contributed by atoms with E-state index in [0.717, 1.165) is 26.0 Å². The number of methoxy groups -OCH3 is 1. The van der Waals surface area contributed by atoms with Gasteiger partial charge < -0.3 is 10.5 Å². The van der Waals surface area contributed by atoms with E-state index in [2.05, 4.69) is 26.0 Å². The summed E-state index contributed by atoms with van der Waals surface area (Å²) < 4.78 is 7.36. The van der Waals surface area contributed by atoms with Gasteiger partial charge in [-0.2, -0.15) is 4.98 Å². The van der Waals surface area contributed by atoms with Crippen LogP contribution in [0, 0.1) is 0 Å². The molecule has 0 aliphatic heterocycles. The lowest BCUT2D eigenvalue weighted by Gasteiger charge is -2.00. The first-order valence-electron chi connectivity index (χ1n) is 4.09.